The summed E-state index contributed by atoms with van der Waals surface area (Å²) < 4.78 is 5.11. The van der Waals surface area contributed by atoms with Crippen LogP contribution in [0.4, 0.5) is 0 Å². The summed E-state index contributed by atoms with van der Waals surface area (Å²) in [6.07, 6.45) is 0. The zero-order valence-electron chi connectivity index (χ0n) is 15.5. The van der Waals surface area contributed by atoms with E-state index in [0.717, 1.165) is 0 Å². The van der Waals surface area contributed by atoms with Gasteiger partial charge in [0, 0.05) is 0 Å². The number of rotatable bonds is 1. The van der Waals surface area contributed by atoms with Crippen LogP contribution in [0.3, 0.4) is 0 Å². The average molecular weight is 283 g/mol. The summed E-state index contributed by atoms with van der Waals surface area (Å²) in [5.41, 5.74) is 0.419. The number of hydrogen-bond acceptors (Lipinski definition) is 0. The molecule has 0 saturated carbocycles. The van der Waals surface area contributed by atoms with Crippen molar-refractivity contribution in [3.8, 4) is 0 Å². The van der Waals surface area contributed by atoms with Crippen LogP contribution >= 0.6 is 0 Å². The molecule has 0 radical (unpaired) electrons. The Kier molecular flexibility index (Phi) is 5.31. The van der Waals surface area contributed by atoms with Gasteiger partial charge < -0.3 is 0 Å². The summed E-state index contributed by atoms with van der Waals surface area (Å²) in [7, 11) is -1.41. The molecule has 0 fully saturated rings. The van der Waals surface area contributed by atoms with Gasteiger partial charge in [0.05, 0.1) is 0 Å². The Morgan fingerprint density at radius 1 is 0.632 bits per heavy atom. The predicted molar refractivity (Wildman–Crippen MR) is 88.9 cm³/mol. The fourth-order valence-corrected chi connectivity index (χ4v) is 5.30. The first-order chi connectivity index (χ1) is 7.97. The van der Waals surface area contributed by atoms with Gasteiger partial charge in [-0.15, -0.1) is 0 Å². The minimum absolute atomic E-state index is 0.126. The fraction of sp³-hybridized carbons (Fsp3) is 1.00. The predicted octanol–water partition coefficient (Wildman–Crippen LogP) is 4.31. The average Bonchev–Trinajstić information content (AvgIpc) is 1.91. The van der Waals surface area contributed by atoms with Crippen molar-refractivity contribution in [3.63, 3.8) is 0 Å². The van der Waals surface area contributed by atoms with Crippen molar-refractivity contribution in [1.29, 1.82) is 0 Å². The van der Waals surface area contributed by atoms with Crippen LogP contribution in [0.25, 0.3) is 0 Å². The second-order valence-electron chi connectivity index (χ2n) is 9.54. The molecule has 0 aromatic heterocycles. The summed E-state index contributed by atoms with van der Waals surface area (Å²) in [4.78, 5) is 0. The van der Waals surface area contributed by atoms with Gasteiger partial charge >= 0.3 is 122 Å². The molecule has 0 unspecified atom stereocenters. The monoisotopic (exact) mass is 283 g/mol. The molecular weight excluding hydrogens is 247 g/mol. The van der Waals surface area contributed by atoms with E-state index in [9.17, 15) is 0 Å². The van der Waals surface area contributed by atoms with E-state index in [1.165, 1.54) is 0 Å². The van der Waals surface area contributed by atoms with E-state index in [-0.39, 0.29) is 16.6 Å². The summed E-state index contributed by atoms with van der Waals surface area (Å²) in [5, 5.41) is 0. The van der Waals surface area contributed by atoms with E-state index in [0.29, 0.717) is 0 Å². The maximum absolute atomic E-state index is 2.61. The molecule has 0 aromatic rings. The minimum atomic E-state index is -1.41. The summed E-state index contributed by atoms with van der Waals surface area (Å²) in [5.74, 6) is 0. The van der Waals surface area contributed by atoms with E-state index in [4.69, 9.17) is 0 Å². The molecule has 0 aliphatic heterocycles. The fourth-order valence-electron chi connectivity index (χ4n) is 2.82. The van der Waals surface area contributed by atoms with Crippen molar-refractivity contribution < 1.29 is 8.62 Å². The van der Waals surface area contributed by atoms with Gasteiger partial charge in [-0.2, -0.15) is 0 Å². The van der Waals surface area contributed by atoms with E-state index in [1.807, 2.05) is 0 Å². The zero-order chi connectivity index (χ0) is 15.9. The van der Waals surface area contributed by atoms with Gasteiger partial charge in [-0.3, -0.25) is 0 Å². The Balaban J connectivity index is 6.49. The van der Waals surface area contributed by atoms with Crippen molar-refractivity contribution in [2.24, 2.45) is 0 Å². The third kappa shape index (κ3) is 5.80. The van der Waals surface area contributed by atoms with Gasteiger partial charge in [0.2, 0.25) is 0 Å². The first kappa shape index (κ1) is 18.9. The van der Waals surface area contributed by atoms with Crippen molar-refractivity contribution in [3.05, 3.63) is 0 Å². The van der Waals surface area contributed by atoms with E-state index in [2.05, 4.69) is 97.4 Å². The molecule has 4 heteroatoms. The molecule has 0 rings (SSSR count). The summed E-state index contributed by atoms with van der Waals surface area (Å²) in [6, 6.07) is 0. The molecule has 0 aromatic carbocycles. The first-order valence-corrected chi connectivity index (χ1v) is 10.9. The normalized spacial score (nSPS) is 14.1. The topological polar surface area (TPSA) is 6.02 Å². The molecule has 0 aliphatic carbocycles. The quantitative estimate of drug-likeness (QED) is 0.632. The van der Waals surface area contributed by atoms with Crippen LogP contribution in [-0.4, -0.2) is 40.3 Å². The van der Waals surface area contributed by atoms with Gasteiger partial charge in [0.15, 0.2) is 0 Å². The zero-order valence-corrected chi connectivity index (χ0v) is 16.5. The second kappa shape index (κ2) is 5.34. The summed E-state index contributed by atoms with van der Waals surface area (Å²) >= 11 is 0. The molecule has 0 aliphatic rings. The van der Waals surface area contributed by atoms with Crippen LogP contribution in [0.5, 0.6) is 0 Å². The molecule has 0 N–H and O–H groups in total. The van der Waals surface area contributed by atoms with Gasteiger partial charge in [0.25, 0.3) is 0 Å². The van der Waals surface area contributed by atoms with Gasteiger partial charge in [-0.05, 0) is 0 Å². The van der Waals surface area contributed by atoms with Crippen molar-refractivity contribution in [2.45, 2.75) is 98.6 Å². The third-order valence-corrected chi connectivity index (χ3v) is 5.35. The third-order valence-electron chi connectivity index (χ3n) is 3.12. The SMILES string of the molecule is CC(C)(C)[N+](=[B-]=[N+](C(C)(C)C)[Si](C)(C)C)C(C)(C)C. The Morgan fingerprint density at radius 2 is 0.947 bits per heavy atom. The van der Waals surface area contributed by atoms with E-state index >= 15 is 0 Å². The van der Waals surface area contributed by atoms with E-state index in [1.54, 1.807) is 0 Å². The molecule has 2 nitrogen and oxygen atoms in total. The van der Waals surface area contributed by atoms with Gasteiger partial charge in [-0.25, -0.2) is 0 Å². The Bertz CT molecular complexity index is 324. The maximum atomic E-state index is 2.61. The second-order valence-corrected chi connectivity index (χ2v) is 14.4. The Labute approximate surface area is 123 Å². The molecular formula is C15H36BN2Si+. The van der Waals surface area contributed by atoms with Gasteiger partial charge in [-0.1, -0.05) is 0 Å². The number of hydrogen-bond donors (Lipinski definition) is 0. The van der Waals surface area contributed by atoms with Crippen LogP contribution in [0.1, 0.15) is 62.3 Å². The molecule has 0 atom stereocenters. The van der Waals surface area contributed by atoms with Crippen LogP contribution in [-0.2, 0) is 0 Å². The van der Waals surface area contributed by atoms with Crippen LogP contribution in [0.2, 0.25) is 19.6 Å². The standard InChI is InChI=1S/C15H36BN2Si/c1-13(2,3)17(14(4,5)6)16-18(15(7,8)9)19(10,11)12/h1-12H3/q+1. The van der Waals surface area contributed by atoms with Crippen LogP contribution in [0, 0.1) is 0 Å². The van der Waals surface area contributed by atoms with E-state index < -0.39 is 8.24 Å². The van der Waals surface area contributed by atoms with Crippen LogP contribution < -0.4 is 0 Å². The Hall–Kier alpha value is -0.118. The summed E-state index contributed by atoms with van der Waals surface area (Å²) in [6.45, 7) is 30.3. The number of nitrogens with zero attached hydrogens (tertiary/aromatic N) is 2. The van der Waals surface area contributed by atoms with Crippen molar-refractivity contribution in [1.82, 2.24) is 0 Å². The molecule has 0 amide bonds. The molecule has 0 heterocycles. The van der Waals surface area contributed by atoms with Gasteiger partial charge in [0.1, 0.15) is 0 Å². The molecule has 112 valence electrons. The van der Waals surface area contributed by atoms with Crippen LogP contribution in [0.15, 0.2) is 0 Å². The first-order valence-electron chi connectivity index (χ1n) is 7.41. The molecule has 0 saturated heterocycles. The molecule has 19 heavy (non-hydrogen) atoms. The van der Waals surface area contributed by atoms with Crippen molar-refractivity contribution >= 4 is 15.1 Å². The molecule has 0 spiro atoms. The Morgan fingerprint density at radius 3 is 1.11 bits per heavy atom. The van der Waals surface area contributed by atoms with Crippen molar-refractivity contribution in [2.75, 3.05) is 0 Å². The molecule has 0 bridgehead atoms.